The predicted octanol–water partition coefficient (Wildman–Crippen LogP) is 0.0680. The van der Waals surface area contributed by atoms with Crippen LogP contribution in [0, 0.1) is 0 Å². The molecule has 122 valence electrons. The average Bonchev–Trinajstić information content (AvgIpc) is 2.43. The van der Waals surface area contributed by atoms with Crippen LogP contribution in [0.5, 0.6) is 5.75 Å². The molecule has 0 spiro atoms. The van der Waals surface area contributed by atoms with Crippen LogP contribution in [0.15, 0.2) is 23.1 Å². The van der Waals surface area contributed by atoms with Gasteiger partial charge in [0, 0.05) is 32.6 Å². The van der Waals surface area contributed by atoms with Crippen LogP contribution in [-0.4, -0.2) is 40.4 Å². The zero-order valence-electron chi connectivity index (χ0n) is 12.6. The minimum absolute atomic E-state index is 0.0371. The van der Waals surface area contributed by atoms with E-state index in [0.29, 0.717) is 5.69 Å². The summed E-state index contributed by atoms with van der Waals surface area (Å²) in [5.41, 5.74) is 0.343. The molecule has 0 aliphatic rings. The monoisotopic (exact) mass is 329 g/mol. The number of ether oxygens (including phenoxy) is 1. The molecular formula is C13H19N3O5S. The third-order valence-electron chi connectivity index (χ3n) is 2.56. The molecule has 0 aliphatic heterocycles. The number of hydrogen-bond acceptors (Lipinski definition) is 5. The number of carbonyl (C=O) groups excluding carboxylic acids is 2. The molecular weight excluding hydrogens is 310 g/mol. The minimum Gasteiger partial charge on any atom is -0.495 e. The van der Waals surface area contributed by atoms with Gasteiger partial charge in [-0.05, 0) is 18.2 Å². The molecule has 0 radical (unpaired) electrons. The Morgan fingerprint density at radius 3 is 2.36 bits per heavy atom. The summed E-state index contributed by atoms with van der Waals surface area (Å²) in [4.78, 5) is 21.7. The Balaban J connectivity index is 2.95. The van der Waals surface area contributed by atoms with Gasteiger partial charge in [-0.1, -0.05) is 0 Å². The van der Waals surface area contributed by atoms with Crippen molar-refractivity contribution in [3.63, 3.8) is 0 Å². The van der Waals surface area contributed by atoms with Crippen molar-refractivity contribution in [2.24, 2.45) is 0 Å². The van der Waals surface area contributed by atoms with E-state index in [9.17, 15) is 18.0 Å². The largest absolute Gasteiger partial charge is 0.495 e. The third-order valence-corrected chi connectivity index (χ3v) is 4.05. The zero-order chi connectivity index (χ0) is 16.8. The van der Waals surface area contributed by atoms with E-state index >= 15 is 0 Å². The van der Waals surface area contributed by atoms with E-state index in [1.165, 1.54) is 39.2 Å². The summed E-state index contributed by atoms with van der Waals surface area (Å²) in [6, 6.07) is 4.30. The van der Waals surface area contributed by atoms with Crippen LogP contribution in [0.4, 0.5) is 5.69 Å². The molecule has 0 aliphatic carbocycles. The van der Waals surface area contributed by atoms with Crippen molar-refractivity contribution in [3.8, 4) is 5.75 Å². The quantitative estimate of drug-likeness (QED) is 0.613. The second-order valence-corrected chi connectivity index (χ2v) is 6.16. The van der Waals surface area contributed by atoms with Gasteiger partial charge in [-0.2, -0.15) is 0 Å². The Kier molecular flexibility index (Phi) is 6.32. The van der Waals surface area contributed by atoms with Crippen molar-refractivity contribution in [1.82, 2.24) is 10.0 Å². The normalized spacial score (nSPS) is 10.9. The number of anilines is 1. The van der Waals surface area contributed by atoms with Gasteiger partial charge in [0.1, 0.15) is 10.6 Å². The van der Waals surface area contributed by atoms with E-state index < -0.39 is 10.0 Å². The number of carbonyl (C=O) groups is 2. The molecule has 8 nitrogen and oxygen atoms in total. The minimum atomic E-state index is -3.84. The number of hydrogen-bond donors (Lipinski definition) is 3. The van der Waals surface area contributed by atoms with Crippen LogP contribution in [0.25, 0.3) is 0 Å². The van der Waals surface area contributed by atoms with Crippen LogP contribution >= 0.6 is 0 Å². The van der Waals surface area contributed by atoms with E-state index in [0.717, 1.165) is 0 Å². The Morgan fingerprint density at radius 2 is 1.82 bits per heavy atom. The van der Waals surface area contributed by atoms with Crippen molar-refractivity contribution in [2.75, 3.05) is 25.5 Å². The number of amides is 2. The highest BCUT2D eigenvalue weighted by Gasteiger charge is 2.20. The molecule has 3 N–H and O–H groups in total. The molecule has 0 saturated carbocycles. The maximum absolute atomic E-state index is 12.3. The topological polar surface area (TPSA) is 114 Å². The lowest BCUT2D eigenvalue weighted by Gasteiger charge is -2.12. The van der Waals surface area contributed by atoms with Gasteiger partial charge in [-0.15, -0.1) is 0 Å². The first kappa shape index (κ1) is 17.9. The van der Waals surface area contributed by atoms with Gasteiger partial charge in [-0.25, -0.2) is 13.1 Å². The summed E-state index contributed by atoms with van der Waals surface area (Å²) in [5.74, 6) is -0.405. The second kappa shape index (κ2) is 7.76. The van der Waals surface area contributed by atoms with Crippen molar-refractivity contribution >= 4 is 27.5 Å². The molecule has 0 unspecified atom stereocenters. The van der Waals surface area contributed by atoms with Crippen molar-refractivity contribution < 1.29 is 22.7 Å². The average molecular weight is 329 g/mol. The first-order chi connectivity index (χ1) is 10.3. The fraction of sp³-hybridized carbons (Fsp3) is 0.385. The van der Waals surface area contributed by atoms with E-state index in [-0.39, 0.29) is 35.5 Å². The summed E-state index contributed by atoms with van der Waals surface area (Å²) in [7, 11) is -2.49. The van der Waals surface area contributed by atoms with E-state index in [1.807, 2.05) is 0 Å². The molecule has 0 fully saturated rings. The maximum Gasteiger partial charge on any atom is 0.244 e. The molecule has 1 aromatic rings. The number of nitrogens with one attached hydrogen (secondary N) is 3. The van der Waals surface area contributed by atoms with Gasteiger partial charge >= 0.3 is 0 Å². The fourth-order valence-corrected chi connectivity index (χ4v) is 2.89. The fourth-order valence-electron chi connectivity index (χ4n) is 1.67. The van der Waals surface area contributed by atoms with Gasteiger partial charge in [0.05, 0.1) is 7.11 Å². The molecule has 0 bridgehead atoms. The summed E-state index contributed by atoms with van der Waals surface area (Å²) < 4.78 is 31.9. The number of methoxy groups -OCH3 is 1. The molecule has 2 amide bonds. The maximum atomic E-state index is 12.3. The standard InChI is InChI=1S/C13H19N3O5S/c1-9(17)14-6-7-15-22(19,20)13-8-11(16-10(2)18)4-5-12(13)21-3/h4-5,8,15H,6-7H2,1-3H3,(H,14,17)(H,16,18). The van der Waals surface area contributed by atoms with Crippen LogP contribution in [0.2, 0.25) is 0 Å². The highest BCUT2D eigenvalue weighted by molar-refractivity contribution is 7.89. The lowest BCUT2D eigenvalue weighted by molar-refractivity contribution is -0.119. The Bertz CT molecular complexity index is 658. The molecule has 1 rings (SSSR count). The molecule has 0 saturated heterocycles. The lowest BCUT2D eigenvalue weighted by Crippen LogP contribution is -2.33. The third kappa shape index (κ3) is 5.34. The number of sulfonamides is 1. The summed E-state index contributed by atoms with van der Waals surface area (Å²) in [5, 5.41) is 4.99. The molecule has 22 heavy (non-hydrogen) atoms. The Hall–Kier alpha value is -2.13. The van der Waals surface area contributed by atoms with Gasteiger partial charge < -0.3 is 15.4 Å². The van der Waals surface area contributed by atoms with Crippen molar-refractivity contribution in [3.05, 3.63) is 18.2 Å². The number of rotatable bonds is 7. The SMILES string of the molecule is COc1ccc(NC(C)=O)cc1S(=O)(=O)NCCNC(C)=O. The summed E-state index contributed by atoms with van der Waals surface area (Å²) in [6.07, 6.45) is 0. The lowest BCUT2D eigenvalue weighted by atomic mass is 10.3. The van der Waals surface area contributed by atoms with Crippen LogP contribution in [0.3, 0.4) is 0 Å². The molecule has 1 aromatic carbocycles. The van der Waals surface area contributed by atoms with Crippen LogP contribution < -0.4 is 20.1 Å². The van der Waals surface area contributed by atoms with Gasteiger partial charge in [-0.3, -0.25) is 9.59 Å². The van der Waals surface area contributed by atoms with Gasteiger partial charge in [0.25, 0.3) is 0 Å². The van der Waals surface area contributed by atoms with Crippen LogP contribution in [0.1, 0.15) is 13.8 Å². The van der Waals surface area contributed by atoms with E-state index in [4.69, 9.17) is 4.74 Å². The van der Waals surface area contributed by atoms with E-state index in [1.54, 1.807) is 0 Å². The molecule has 0 heterocycles. The zero-order valence-corrected chi connectivity index (χ0v) is 13.4. The Morgan fingerprint density at radius 1 is 1.14 bits per heavy atom. The highest BCUT2D eigenvalue weighted by atomic mass is 32.2. The molecule has 0 atom stereocenters. The summed E-state index contributed by atoms with van der Waals surface area (Å²) >= 11 is 0. The summed E-state index contributed by atoms with van der Waals surface area (Å²) in [6.45, 7) is 2.87. The van der Waals surface area contributed by atoms with Gasteiger partial charge in [0.15, 0.2) is 0 Å². The predicted molar refractivity (Wildman–Crippen MR) is 81.2 cm³/mol. The van der Waals surface area contributed by atoms with Crippen molar-refractivity contribution in [1.29, 1.82) is 0 Å². The first-order valence-electron chi connectivity index (χ1n) is 6.46. The first-order valence-corrected chi connectivity index (χ1v) is 7.94. The van der Waals surface area contributed by atoms with Crippen LogP contribution in [-0.2, 0) is 19.6 Å². The van der Waals surface area contributed by atoms with E-state index in [2.05, 4.69) is 15.4 Å². The smallest absolute Gasteiger partial charge is 0.244 e. The van der Waals surface area contributed by atoms with Crippen molar-refractivity contribution in [2.45, 2.75) is 18.7 Å². The molecule has 9 heteroatoms. The van der Waals surface area contributed by atoms with Gasteiger partial charge in [0.2, 0.25) is 21.8 Å². The number of benzene rings is 1. The second-order valence-electron chi connectivity index (χ2n) is 4.43. The highest BCUT2D eigenvalue weighted by Crippen LogP contribution is 2.26. The molecule has 0 aromatic heterocycles. The Labute approximate surface area is 129 Å².